The van der Waals surface area contributed by atoms with Gasteiger partial charge in [0.15, 0.2) is 0 Å². The van der Waals surface area contributed by atoms with Crippen LogP contribution in [0.5, 0.6) is 0 Å². The van der Waals surface area contributed by atoms with E-state index in [0.717, 1.165) is 50.6 Å². The summed E-state index contributed by atoms with van der Waals surface area (Å²) in [4.78, 5) is 0. The second-order valence-corrected chi connectivity index (χ2v) is 15.0. The zero-order chi connectivity index (χ0) is 36.6. The molecule has 0 atom stereocenters. The highest BCUT2D eigenvalue weighted by atomic mass is 32.1. The molecule has 0 saturated carbocycles. The van der Waals surface area contributed by atoms with Gasteiger partial charge >= 0.3 is 0 Å². The van der Waals surface area contributed by atoms with Crippen molar-refractivity contribution >= 4 is 65.0 Å². The minimum absolute atomic E-state index is 1.06. The van der Waals surface area contributed by atoms with Gasteiger partial charge in [-0.15, -0.1) is 11.3 Å². The zero-order valence-electron chi connectivity index (χ0n) is 30.0. The Morgan fingerprint density at radius 2 is 0.909 bits per heavy atom. The normalized spacial score (nSPS) is 11.3. The first kappa shape index (κ1) is 32.7. The summed E-state index contributed by atoms with van der Waals surface area (Å²) in [5.41, 5.74) is 13.6. The molecule has 2 N–H and O–H groups in total. The van der Waals surface area contributed by atoms with E-state index in [1.165, 1.54) is 47.6 Å². The molecule has 0 aliphatic heterocycles. The number of anilines is 4. The van der Waals surface area contributed by atoms with Crippen LogP contribution < -0.4 is 10.6 Å². The first-order valence-electron chi connectivity index (χ1n) is 18.7. The number of hydrogen-bond acceptors (Lipinski definition) is 3. The Balaban J connectivity index is 1.07. The summed E-state index contributed by atoms with van der Waals surface area (Å²) in [6.45, 7) is 0. The second kappa shape index (κ2) is 14.1. The van der Waals surface area contributed by atoms with E-state index in [2.05, 4.69) is 211 Å². The van der Waals surface area contributed by atoms with E-state index in [1.807, 2.05) is 17.4 Å². The number of fused-ring (bicyclic) bond motifs is 4. The lowest BCUT2D eigenvalue weighted by Crippen LogP contribution is -1.97. The van der Waals surface area contributed by atoms with Crippen LogP contribution in [0.4, 0.5) is 22.7 Å². The van der Waals surface area contributed by atoms with Crippen molar-refractivity contribution in [1.82, 2.24) is 0 Å². The van der Waals surface area contributed by atoms with Crippen LogP contribution >= 0.6 is 11.3 Å². The predicted octanol–water partition coefficient (Wildman–Crippen LogP) is 15.4. The number of hydrogen-bond donors (Lipinski definition) is 2. The van der Waals surface area contributed by atoms with Crippen molar-refractivity contribution < 1.29 is 0 Å². The number of nitrogens with one attached hydrogen (secondary N) is 2. The molecule has 0 radical (unpaired) electrons. The molecule has 2 nitrogen and oxygen atoms in total. The van der Waals surface area contributed by atoms with Crippen LogP contribution in [0.2, 0.25) is 0 Å². The van der Waals surface area contributed by atoms with Gasteiger partial charge in [0.25, 0.3) is 0 Å². The third-order valence-electron chi connectivity index (χ3n) is 10.4. The van der Waals surface area contributed by atoms with E-state index >= 15 is 0 Å². The Bertz CT molecular complexity index is 2980. The fraction of sp³-hybridized carbons (Fsp3) is 0. The standard InChI is InChI=1S/C52H36N2S/c1-3-14-35(15-4-1)45-28-26-37(36-17-13-18-40(30-36)43-21-9-11-24-48(43)53-42-19-5-2-6-20-42)32-49(45)54-50-33-41(31-39-16-7-8-22-44(39)50)38-27-29-47-46-23-10-12-25-51(46)55-52(47)34-38/h1-34,53-54H. The highest BCUT2D eigenvalue weighted by Crippen LogP contribution is 2.41. The summed E-state index contributed by atoms with van der Waals surface area (Å²) in [6, 6.07) is 74.1. The molecule has 0 aliphatic carbocycles. The van der Waals surface area contributed by atoms with Crippen LogP contribution in [-0.2, 0) is 0 Å². The lowest BCUT2D eigenvalue weighted by atomic mass is 9.94. The number of para-hydroxylation sites is 2. The molecule has 55 heavy (non-hydrogen) atoms. The number of rotatable bonds is 8. The maximum atomic E-state index is 3.97. The molecule has 260 valence electrons. The smallest absolute Gasteiger partial charge is 0.0470 e. The van der Waals surface area contributed by atoms with Crippen molar-refractivity contribution in [2.45, 2.75) is 0 Å². The topological polar surface area (TPSA) is 24.1 Å². The van der Waals surface area contributed by atoms with Gasteiger partial charge in [0, 0.05) is 59.4 Å². The molecule has 1 aromatic heterocycles. The molecule has 10 aromatic rings. The van der Waals surface area contributed by atoms with Crippen molar-refractivity contribution in [2.24, 2.45) is 0 Å². The van der Waals surface area contributed by atoms with Gasteiger partial charge in [0.2, 0.25) is 0 Å². The molecule has 1 heterocycles. The Labute approximate surface area is 325 Å². The van der Waals surface area contributed by atoms with Gasteiger partial charge in [0.1, 0.15) is 0 Å². The molecular weight excluding hydrogens is 685 g/mol. The molecule has 9 aromatic carbocycles. The maximum absolute atomic E-state index is 3.97. The summed E-state index contributed by atoms with van der Waals surface area (Å²) < 4.78 is 2.63. The average molecular weight is 721 g/mol. The SMILES string of the molecule is c1ccc(Nc2ccccc2-c2cccc(-c3ccc(-c4ccccc4)c(Nc4cc(-c5ccc6c(c5)sc5ccccc56)cc5ccccc45)c3)c2)cc1. The Hall–Kier alpha value is -6.94. The van der Waals surface area contributed by atoms with E-state index in [0.29, 0.717) is 0 Å². The number of thiophene rings is 1. The first-order chi connectivity index (χ1) is 27.2. The highest BCUT2D eigenvalue weighted by molar-refractivity contribution is 7.25. The average Bonchev–Trinajstić information content (AvgIpc) is 3.63. The minimum Gasteiger partial charge on any atom is -0.355 e. The molecule has 10 rings (SSSR count). The van der Waals surface area contributed by atoms with E-state index in [4.69, 9.17) is 0 Å². The molecule has 0 unspecified atom stereocenters. The number of benzene rings is 9. The minimum atomic E-state index is 1.06. The third kappa shape index (κ3) is 6.41. The van der Waals surface area contributed by atoms with Crippen molar-refractivity contribution in [3.8, 4) is 44.5 Å². The van der Waals surface area contributed by atoms with Gasteiger partial charge in [-0.3, -0.25) is 0 Å². The highest BCUT2D eigenvalue weighted by Gasteiger charge is 2.14. The molecule has 0 bridgehead atoms. The Kier molecular flexibility index (Phi) is 8.40. The van der Waals surface area contributed by atoms with E-state index in [-0.39, 0.29) is 0 Å². The van der Waals surface area contributed by atoms with Gasteiger partial charge in [-0.05, 0) is 93.4 Å². The summed E-state index contributed by atoms with van der Waals surface area (Å²) in [5, 5.41) is 12.6. The zero-order valence-corrected chi connectivity index (χ0v) is 30.9. The van der Waals surface area contributed by atoms with Crippen molar-refractivity contribution in [3.63, 3.8) is 0 Å². The van der Waals surface area contributed by atoms with Crippen molar-refractivity contribution in [3.05, 3.63) is 206 Å². The molecule has 0 spiro atoms. The fourth-order valence-corrected chi connectivity index (χ4v) is 8.86. The van der Waals surface area contributed by atoms with Crippen LogP contribution in [0.1, 0.15) is 0 Å². The first-order valence-corrected chi connectivity index (χ1v) is 19.5. The van der Waals surface area contributed by atoms with Crippen LogP contribution in [0, 0.1) is 0 Å². The largest absolute Gasteiger partial charge is 0.355 e. The van der Waals surface area contributed by atoms with Crippen LogP contribution in [0.3, 0.4) is 0 Å². The summed E-state index contributed by atoms with van der Waals surface area (Å²) in [7, 11) is 0. The van der Waals surface area contributed by atoms with E-state index in [9.17, 15) is 0 Å². The van der Waals surface area contributed by atoms with Crippen molar-refractivity contribution in [1.29, 1.82) is 0 Å². The summed E-state index contributed by atoms with van der Waals surface area (Å²) >= 11 is 1.86. The maximum Gasteiger partial charge on any atom is 0.0470 e. The van der Waals surface area contributed by atoms with Gasteiger partial charge in [-0.1, -0.05) is 152 Å². The summed E-state index contributed by atoms with van der Waals surface area (Å²) in [6.07, 6.45) is 0. The van der Waals surface area contributed by atoms with Gasteiger partial charge in [-0.25, -0.2) is 0 Å². The van der Waals surface area contributed by atoms with Gasteiger partial charge in [-0.2, -0.15) is 0 Å². The Morgan fingerprint density at radius 1 is 0.291 bits per heavy atom. The summed E-state index contributed by atoms with van der Waals surface area (Å²) in [5.74, 6) is 0. The van der Waals surface area contributed by atoms with E-state index < -0.39 is 0 Å². The van der Waals surface area contributed by atoms with Crippen LogP contribution in [0.15, 0.2) is 206 Å². The molecule has 0 amide bonds. The fourth-order valence-electron chi connectivity index (χ4n) is 7.72. The monoisotopic (exact) mass is 720 g/mol. The Morgan fingerprint density at radius 3 is 1.80 bits per heavy atom. The molecular formula is C52H36N2S. The lowest BCUT2D eigenvalue weighted by Gasteiger charge is -2.18. The quantitative estimate of drug-likeness (QED) is 0.163. The van der Waals surface area contributed by atoms with Crippen LogP contribution in [-0.4, -0.2) is 0 Å². The molecule has 0 fully saturated rings. The van der Waals surface area contributed by atoms with Gasteiger partial charge < -0.3 is 10.6 Å². The van der Waals surface area contributed by atoms with Crippen molar-refractivity contribution in [2.75, 3.05) is 10.6 Å². The lowest BCUT2D eigenvalue weighted by molar-refractivity contribution is 1.52. The predicted molar refractivity (Wildman–Crippen MR) is 238 cm³/mol. The molecule has 0 aliphatic rings. The second-order valence-electron chi connectivity index (χ2n) is 13.9. The molecule has 0 saturated heterocycles. The molecule has 3 heteroatoms. The van der Waals surface area contributed by atoms with E-state index in [1.54, 1.807) is 0 Å². The third-order valence-corrected chi connectivity index (χ3v) is 11.6. The van der Waals surface area contributed by atoms with Gasteiger partial charge in [0.05, 0.1) is 0 Å². The van der Waals surface area contributed by atoms with Crippen LogP contribution in [0.25, 0.3) is 75.5 Å².